The third-order valence-electron chi connectivity index (χ3n) is 1.95. The smallest absolute Gasteiger partial charge is 0.142 e. The molecule has 1 aromatic carbocycles. The predicted molar refractivity (Wildman–Crippen MR) is 61.0 cm³/mol. The number of rotatable bonds is 1. The largest absolute Gasteiger partial charge is 0.495 e. The minimum atomic E-state index is 0.619. The molecular weight excluding hydrogens is 265 g/mol. The van der Waals surface area contributed by atoms with Crippen LogP contribution in [0.25, 0.3) is 10.9 Å². The fourth-order valence-electron chi connectivity index (χ4n) is 1.36. The van der Waals surface area contributed by atoms with Gasteiger partial charge in [0.1, 0.15) is 5.75 Å². The van der Waals surface area contributed by atoms with Crippen LogP contribution in [0.15, 0.2) is 28.9 Å². The number of methoxy groups -OCH3 is 1. The molecule has 0 radical (unpaired) electrons. The molecule has 4 heteroatoms. The van der Waals surface area contributed by atoms with Gasteiger partial charge in [-0.05, 0) is 34.1 Å². The van der Waals surface area contributed by atoms with Crippen molar-refractivity contribution in [2.75, 3.05) is 7.11 Å². The Kier molecular flexibility index (Phi) is 2.61. The molecule has 0 unspecified atom stereocenters. The van der Waals surface area contributed by atoms with Gasteiger partial charge in [-0.2, -0.15) is 0 Å². The van der Waals surface area contributed by atoms with Crippen LogP contribution in [0.4, 0.5) is 0 Å². The first kappa shape index (κ1) is 9.74. The number of hydrogen-bond donors (Lipinski definition) is 0. The number of nitrogens with zero attached hydrogens (tertiary/aromatic N) is 1. The summed E-state index contributed by atoms with van der Waals surface area (Å²) in [6.07, 6.45) is 1.71. The van der Waals surface area contributed by atoms with Crippen LogP contribution in [0, 0.1) is 0 Å². The molecule has 0 saturated carbocycles. The van der Waals surface area contributed by atoms with Crippen LogP contribution in [0.3, 0.4) is 0 Å². The van der Waals surface area contributed by atoms with Crippen molar-refractivity contribution in [3.63, 3.8) is 0 Å². The van der Waals surface area contributed by atoms with E-state index in [-0.39, 0.29) is 0 Å². The number of pyridine rings is 1. The fraction of sp³-hybridized carbons (Fsp3) is 0.100. The Morgan fingerprint density at radius 1 is 1.50 bits per heavy atom. The molecule has 2 aromatic rings. The highest BCUT2D eigenvalue weighted by molar-refractivity contribution is 9.10. The third-order valence-corrected chi connectivity index (χ3v) is 2.83. The van der Waals surface area contributed by atoms with E-state index < -0.39 is 0 Å². The summed E-state index contributed by atoms with van der Waals surface area (Å²) >= 11 is 9.43. The maximum absolute atomic E-state index is 6.04. The highest BCUT2D eigenvalue weighted by Crippen LogP contribution is 2.36. The minimum absolute atomic E-state index is 0.619. The number of aromatic nitrogens is 1. The summed E-state index contributed by atoms with van der Waals surface area (Å²) in [6, 6.07) is 5.57. The van der Waals surface area contributed by atoms with Crippen molar-refractivity contribution in [2.45, 2.75) is 0 Å². The van der Waals surface area contributed by atoms with Gasteiger partial charge in [0.15, 0.2) is 0 Å². The molecule has 72 valence electrons. The summed E-state index contributed by atoms with van der Waals surface area (Å²) in [4.78, 5) is 4.20. The zero-order chi connectivity index (χ0) is 10.1. The Labute approximate surface area is 95.0 Å². The molecule has 2 nitrogen and oxygen atoms in total. The molecule has 0 aliphatic carbocycles. The van der Waals surface area contributed by atoms with Gasteiger partial charge in [0.25, 0.3) is 0 Å². The fourth-order valence-corrected chi connectivity index (χ4v) is 2.36. The zero-order valence-electron chi connectivity index (χ0n) is 7.42. The first-order valence-electron chi connectivity index (χ1n) is 4.00. The van der Waals surface area contributed by atoms with Crippen molar-refractivity contribution in [1.82, 2.24) is 4.98 Å². The van der Waals surface area contributed by atoms with E-state index in [2.05, 4.69) is 20.9 Å². The second-order valence-electron chi connectivity index (χ2n) is 2.77. The molecule has 0 amide bonds. The van der Waals surface area contributed by atoms with E-state index in [1.54, 1.807) is 19.4 Å². The summed E-state index contributed by atoms with van der Waals surface area (Å²) in [5, 5.41) is 1.53. The van der Waals surface area contributed by atoms with Gasteiger partial charge in [-0.25, -0.2) is 0 Å². The molecule has 0 fully saturated rings. The van der Waals surface area contributed by atoms with E-state index >= 15 is 0 Å². The maximum atomic E-state index is 6.04. The molecule has 0 aliphatic heterocycles. The van der Waals surface area contributed by atoms with Crippen LogP contribution in [0.5, 0.6) is 5.75 Å². The lowest BCUT2D eigenvalue weighted by Gasteiger charge is -2.08. The Morgan fingerprint density at radius 2 is 2.29 bits per heavy atom. The predicted octanol–water partition coefficient (Wildman–Crippen LogP) is 3.66. The van der Waals surface area contributed by atoms with Crippen molar-refractivity contribution >= 4 is 38.4 Å². The van der Waals surface area contributed by atoms with Crippen LogP contribution in [-0.4, -0.2) is 12.1 Å². The average molecular weight is 273 g/mol. The molecule has 0 aliphatic rings. The van der Waals surface area contributed by atoms with E-state index in [0.717, 1.165) is 21.1 Å². The first-order valence-corrected chi connectivity index (χ1v) is 5.18. The Hall–Kier alpha value is -0.800. The van der Waals surface area contributed by atoms with Crippen molar-refractivity contribution in [1.29, 1.82) is 0 Å². The van der Waals surface area contributed by atoms with Crippen molar-refractivity contribution < 1.29 is 4.74 Å². The lowest BCUT2D eigenvalue weighted by atomic mass is 10.2. The van der Waals surface area contributed by atoms with E-state index in [9.17, 15) is 0 Å². The highest BCUT2D eigenvalue weighted by atomic mass is 79.9. The molecular formula is C10H7BrClNO. The summed E-state index contributed by atoms with van der Waals surface area (Å²) in [5.74, 6) is 0.762. The molecule has 0 saturated heterocycles. The second-order valence-corrected chi connectivity index (χ2v) is 4.03. The van der Waals surface area contributed by atoms with Gasteiger partial charge in [-0.1, -0.05) is 11.6 Å². The van der Waals surface area contributed by atoms with E-state index in [0.29, 0.717) is 5.02 Å². The van der Waals surface area contributed by atoms with Gasteiger partial charge in [-0.3, -0.25) is 4.98 Å². The van der Waals surface area contributed by atoms with Crippen LogP contribution in [0.2, 0.25) is 5.02 Å². The minimum Gasteiger partial charge on any atom is -0.495 e. The summed E-state index contributed by atoms with van der Waals surface area (Å²) in [5.41, 5.74) is 0.759. The van der Waals surface area contributed by atoms with Crippen LogP contribution < -0.4 is 4.74 Å². The van der Waals surface area contributed by atoms with Crippen LogP contribution >= 0.6 is 27.5 Å². The van der Waals surface area contributed by atoms with Gasteiger partial charge in [-0.15, -0.1) is 0 Å². The molecule has 14 heavy (non-hydrogen) atoms. The maximum Gasteiger partial charge on any atom is 0.142 e. The van der Waals surface area contributed by atoms with E-state index in [1.807, 2.05) is 12.1 Å². The number of halogens is 2. The normalized spacial score (nSPS) is 10.5. The molecule has 0 spiro atoms. The number of benzene rings is 1. The van der Waals surface area contributed by atoms with Gasteiger partial charge < -0.3 is 4.74 Å². The summed E-state index contributed by atoms with van der Waals surface area (Å²) < 4.78 is 6.11. The van der Waals surface area contributed by atoms with Crippen molar-refractivity contribution in [3.8, 4) is 5.75 Å². The molecule has 0 bridgehead atoms. The Bertz CT molecular complexity index is 487. The molecule has 1 aromatic heterocycles. The average Bonchev–Trinajstić information content (AvgIpc) is 2.18. The zero-order valence-corrected chi connectivity index (χ0v) is 9.76. The SMILES string of the molecule is COc1c(Br)cc(Cl)c2ncccc12. The summed E-state index contributed by atoms with van der Waals surface area (Å²) in [7, 11) is 1.63. The van der Waals surface area contributed by atoms with E-state index in [4.69, 9.17) is 16.3 Å². The van der Waals surface area contributed by atoms with Gasteiger partial charge in [0.2, 0.25) is 0 Å². The monoisotopic (exact) mass is 271 g/mol. The standard InChI is InChI=1S/C10H7BrClNO/c1-14-10-6-3-2-4-13-9(6)8(12)5-7(10)11/h2-5H,1H3. The van der Waals surface area contributed by atoms with Crippen molar-refractivity contribution in [3.05, 3.63) is 33.9 Å². The van der Waals surface area contributed by atoms with Crippen molar-refractivity contribution in [2.24, 2.45) is 0 Å². The number of fused-ring (bicyclic) bond motifs is 1. The Morgan fingerprint density at radius 3 is 3.00 bits per heavy atom. The van der Waals surface area contributed by atoms with Crippen LogP contribution in [0.1, 0.15) is 0 Å². The lowest BCUT2D eigenvalue weighted by molar-refractivity contribution is 0.417. The third kappa shape index (κ3) is 1.47. The molecule has 2 rings (SSSR count). The van der Waals surface area contributed by atoms with E-state index in [1.165, 1.54) is 0 Å². The number of hydrogen-bond acceptors (Lipinski definition) is 2. The quantitative estimate of drug-likeness (QED) is 0.790. The van der Waals surface area contributed by atoms with Gasteiger partial charge in [0.05, 0.1) is 22.1 Å². The Balaban J connectivity index is 2.90. The van der Waals surface area contributed by atoms with Crippen LogP contribution in [-0.2, 0) is 0 Å². The van der Waals surface area contributed by atoms with Gasteiger partial charge in [0, 0.05) is 11.6 Å². The van der Waals surface area contributed by atoms with Gasteiger partial charge >= 0.3 is 0 Å². The topological polar surface area (TPSA) is 22.1 Å². The second kappa shape index (κ2) is 3.75. The molecule has 0 atom stereocenters. The highest BCUT2D eigenvalue weighted by Gasteiger charge is 2.09. The first-order chi connectivity index (χ1) is 6.74. The lowest BCUT2D eigenvalue weighted by Crippen LogP contribution is -1.88. The molecule has 1 heterocycles. The molecule has 0 N–H and O–H groups in total. The summed E-state index contributed by atoms with van der Waals surface area (Å²) in [6.45, 7) is 0. The number of ether oxygens (including phenoxy) is 1.